The molecule has 5 heteroatoms. The molecule has 2 aromatic rings. The summed E-state index contributed by atoms with van der Waals surface area (Å²) in [6.45, 7) is 1.55. The van der Waals surface area contributed by atoms with Crippen LogP contribution in [0.5, 0.6) is 0 Å². The number of nitriles is 1. The van der Waals surface area contributed by atoms with Gasteiger partial charge >= 0.3 is 0 Å². The Balaban J connectivity index is 2.06. The number of nitrogens with zero attached hydrogens (tertiary/aromatic N) is 4. The summed E-state index contributed by atoms with van der Waals surface area (Å²) in [6, 6.07) is 5.73. The fourth-order valence-electron chi connectivity index (χ4n) is 2.21. The van der Waals surface area contributed by atoms with Gasteiger partial charge in [0.1, 0.15) is 11.9 Å². The average molecular weight is 228 g/mol. The molecule has 3 heterocycles. The van der Waals surface area contributed by atoms with Crippen LogP contribution in [0.4, 0.5) is 0 Å². The van der Waals surface area contributed by atoms with Gasteiger partial charge in [0.25, 0.3) is 0 Å². The van der Waals surface area contributed by atoms with Crippen molar-refractivity contribution in [2.75, 3.05) is 13.2 Å². The van der Waals surface area contributed by atoms with Crippen LogP contribution in [0.1, 0.15) is 30.1 Å². The van der Waals surface area contributed by atoms with E-state index in [0.717, 1.165) is 37.5 Å². The van der Waals surface area contributed by atoms with Crippen molar-refractivity contribution >= 4 is 5.65 Å². The van der Waals surface area contributed by atoms with Crippen molar-refractivity contribution in [3.8, 4) is 6.07 Å². The highest BCUT2D eigenvalue weighted by Gasteiger charge is 2.21. The lowest BCUT2D eigenvalue weighted by molar-refractivity contribution is 0.0834. The van der Waals surface area contributed by atoms with Crippen LogP contribution in [0.25, 0.3) is 5.65 Å². The lowest BCUT2D eigenvalue weighted by Gasteiger charge is -2.20. The number of hydrogen-bond donors (Lipinski definition) is 0. The summed E-state index contributed by atoms with van der Waals surface area (Å²) in [6.07, 6.45) is 3.75. The molecular formula is C12H12N4O. The Bertz CT molecular complexity index is 578. The number of ether oxygens (including phenoxy) is 1. The van der Waals surface area contributed by atoms with E-state index in [9.17, 15) is 0 Å². The first kappa shape index (κ1) is 10.2. The maximum absolute atomic E-state index is 8.91. The molecule has 3 rings (SSSR count). The Morgan fingerprint density at radius 3 is 2.88 bits per heavy atom. The van der Waals surface area contributed by atoms with Crippen molar-refractivity contribution in [3.05, 3.63) is 29.7 Å². The van der Waals surface area contributed by atoms with E-state index >= 15 is 0 Å². The van der Waals surface area contributed by atoms with Gasteiger partial charge in [-0.2, -0.15) is 5.26 Å². The van der Waals surface area contributed by atoms with E-state index in [2.05, 4.69) is 16.3 Å². The third-order valence-corrected chi connectivity index (χ3v) is 3.14. The lowest BCUT2D eigenvalue weighted by Crippen LogP contribution is -2.16. The molecule has 0 amide bonds. The number of rotatable bonds is 1. The zero-order chi connectivity index (χ0) is 11.7. The van der Waals surface area contributed by atoms with Crippen LogP contribution in [0, 0.1) is 11.3 Å². The van der Waals surface area contributed by atoms with E-state index in [1.807, 2.05) is 10.5 Å². The van der Waals surface area contributed by atoms with Crippen LogP contribution in [0.15, 0.2) is 18.3 Å². The van der Waals surface area contributed by atoms with Gasteiger partial charge < -0.3 is 4.74 Å². The highest BCUT2D eigenvalue weighted by molar-refractivity contribution is 5.43. The van der Waals surface area contributed by atoms with Crippen LogP contribution in [0.2, 0.25) is 0 Å². The molecule has 0 aromatic carbocycles. The van der Waals surface area contributed by atoms with E-state index in [4.69, 9.17) is 10.00 Å². The maximum Gasteiger partial charge on any atom is 0.160 e. The van der Waals surface area contributed by atoms with Gasteiger partial charge in [-0.15, -0.1) is 10.2 Å². The normalized spacial score (nSPS) is 17.1. The number of hydrogen-bond acceptors (Lipinski definition) is 4. The predicted molar refractivity (Wildman–Crippen MR) is 60.5 cm³/mol. The Labute approximate surface area is 98.6 Å². The van der Waals surface area contributed by atoms with Crippen molar-refractivity contribution in [1.82, 2.24) is 14.6 Å². The second kappa shape index (κ2) is 4.15. The summed E-state index contributed by atoms with van der Waals surface area (Å²) in [4.78, 5) is 0. The first-order valence-electron chi connectivity index (χ1n) is 5.71. The highest BCUT2D eigenvalue weighted by atomic mass is 16.5. The molecule has 0 aliphatic carbocycles. The molecule has 0 N–H and O–H groups in total. The van der Waals surface area contributed by atoms with Crippen LogP contribution in [0.3, 0.4) is 0 Å². The third kappa shape index (κ3) is 1.77. The fraction of sp³-hybridized carbons (Fsp3) is 0.417. The zero-order valence-electron chi connectivity index (χ0n) is 9.33. The van der Waals surface area contributed by atoms with Crippen molar-refractivity contribution in [3.63, 3.8) is 0 Å². The molecule has 0 saturated carbocycles. The third-order valence-electron chi connectivity index (χ3n) is 3.14. The first-order valence-corrected chi connectivity index (χ1v) is 5.71. The van der Waals surface area contributed by atoms with Gasteiger partial charge in [0, 0.05) is 25.3 Å². The Morgan fingerprint density at radius 2 is 2.12 bits per heavy atom. The highest BCUT2D eigenvalue weighted by Crippen LogP contribution is 2.25. The lowest BCUT2D eigenvalue weighted by atomic mass is 9.99. The Hall–Kier alpha value is -1.93. The SMILES string of the molecule is N#Cc1ccc2nnc(C3CCOCC3)n2c1. The Morgan fingerprint density at radius 1 is 1.29 bits per heavy atom. The molecule has 0 radical (unpaired) electrons. The van der Waals surface area contributed by atoms with Gasteiger partial charge in [0.05, 0.1) is 5.56 Å². The predicted octanol–water partition coefficient (Wildman–Crippen LogP) is 1.49. The molecule has 0 atom stereocenters. The van der Waals surface area contributed by atoms with Crippen molar-refractivity contribution in [2.24, 2.45) is 0 Å². The van der Waals surface area contributed by atoms with Crippen LogP contribution in [-0.2, 0) is 4.74 Å². The van der Waals surface area contributed by atoms with Gasteiger partial charge in [-0.3, -0.25) is 4.40 Å². The minimum Gasteiger partial charge on any atom is -0.381 e. The minimum atomic E-state index is 0.382. The maximum atomic E-state index is 8.91. The van der Waals surface area contributed by atoms with E-state index in [0.29, 0.717) is 11.5 Å². The summed E-state index contributed by atoms with van der Waals surface area (Å²) in [5.41, 5.74) is 1.43. The molecule has 1 aliphatic heterocycles. The quantitative estimate of drug-likeness (QED) is 0.742. The van der Waals surface area contributed by atoms with E-state index in [1.54, 1.807) is 12.3 Å². The molecule has 1 saturated heterocycles. The molecular weight excluding hydrogens is 216 g/mol. The van der Waals surface area contributed by atoms with E-state index in [-0.39, 0.29) is 0 Å². The molecule has 86 valence electrons. The van der Waals surface area contributed by atoms with Crippen LogP contribution < -0.4 is 0 Å². The monoisotopic (exact) mass is 228 g/mol. The average Bonchev–Trinajstić information content (AvgIpc) is 2.82. The standard InChI is InChI=1S/C12H12N4O/c13-7-9-1-2-11-14-15-12(16(11)8-9)10-3-5-17-6-4-10/h1-2,8,10H,3-6H2. The second-order valence-electron chi connectivity index (χ2n) is 4.20. The van der Waals surface area contributed by atoms with Crippen LogP contribution >= 0.6 is 0 Å². The van der Waals surface area contributed by atoms with Gasteiger partial charge in [0.2, 0.25) is 0 Å². The van der Waals surface area contributed by atoms with E-state index in [1.165, 1.54) is 0 Å². The smallest absolute Gasteiger partial charge is 0.160 e. The van der Waals surface area contributed by atoms with Gasteiger partial charge in [-0.25, -0.2) is 0 Å². The van der Waals surface area contributed by atoms with Crippen molar-refractivity contribution in [2.45, 2.75) is 18.8 Å². The second-order valence-corrected chi connectivity index (χ2v) is 4.20. The van der Waals surface area contributed by atoms with Crippen molar-refractivity contribution < 1.29 is 4.74 Å². The van der Waals surface area contributed by atoms with Crippen molar-refractivity contribution in [1.29, 1.82) is 5.26 Å². The first-order chi connectivity index (χ1) is 8.38. The molecule has 17 heavy (non-hydrogen) atoms. The minimum absolute atomic E-state index is 0.382. The summed E-state index contributed by atoms with van der Waals surface area (Å²) in [7, 11) is 0. The van der Waals surface area contributed by atoms with Gasteiger partial charge in [0.15, 0.2) is 5.65 Å². The topological polar surface area (TPSA) is 63.2 Å². The number of fused-ring (bicyclic) bond motifs is 1. The molecule has 0 bridgehead atoms. The molecule has 1 aliphatic rings. The molecule has 0 spiro atoms. The molecule has 5 nitrogen and oxygen atoms in total. The van der Waals surface area contributed by atoms with E-state index < -0.39 is 0 Å². The zero-order valence-corrected chi connectivity index (χ0v) is 9.33. The summed E-state index contributed by atoms with van der Waals surface area (Å²) < 4.78 is 7.27. The molecule has 1 fully saturated rings. The summed E-state index contributed by atoms with van der Waals surface area (Å²) in [5.74, 6) is 1.33. The summed E-state index contributed by atoms with van der Waals surface area (Å²) >= 11 is 0. The number of aromatic nitrogens is 3. The van der Waals surface area contributed by atoms with Gasteiger partial charge in [-0.05, 0) is 25.0 Å². The van der Waals surface area contributed by atoms with Gasteiger partial charge in [-0.1, -0.05) is 0 Å². The molecule has 0 unspecified atom stereocenters. The fourth-order valence-corrected chi connectivity index (χ4v) is 2.21. The molecule has 2 aromatic heterocycles. The number of pyridine rings is 1. The Kier molecular flexibility index (Phi) is 2.50. The largest absolute Gasteiger partial charge is 0.381 e. The van der Waals surface area contributed by atoms with Crippen LogP contribution in [-0.4, -0.2) is 27.8 Å². The summed E-state index contributed by atoms with van der Waals surface area (Å²) in [5, 5.41) is 17.3.